The molecule has 0 aliphatic carbocycles. The van der Waals surface area contributed by atoms with Crippen LogP contribution in [0, 0.1) is 0 Å². The minimum atomic E-state index is -4.65. The zero-order valence-electron chi connectivity index (χ0n) is 18.3. The highest BCUT2D eigenvalue weighted by Gasteiger charge is 2.33. The number of nitrogens with one attached hydrogen (secondary N) is 2. The summed E-state index contributed by atoms with van der Waals surface area (Å²) in [6, 6.07) is 4.64. The molecule has 0 saturated carbocycles. The minimum absolute atomic E-state index is 0.0548. The van der Waals surface area contributed by atoms with Crippen molar-refractivity contribution in [3.8, 4) is 0 Å². The molecule has 36 heavy (non-hydrogen) atoms. The molecule has 0 unspecified atom stereocenters. The van der Waals surface area contributed by atoms with E-state index in [0.717, 1.165) is 23.5 Å². The van der Waals surface area contributed by atoms with Gasteiger partial charge in [0.2, 0.25) is 0 Å². The molecule has 1 aromatic carbocycles. The third kappa shape index (κ3) is 6.22. The zero-order chi connectivity index (χ0) is 25.9. The summed E-state index contributed by atoms with van der Waals surface area (Å²) < 4.78 is 39.2. The van der Waals surface area contributed by atoms with Gasteiger partial charge in [0.05, 0.1) is 21.8 Å². The van der Waals surface area contributed by atoms with Crippen LogP contribution in [0.4, 0.5) is 29.8 Å². The summed E-state index contributed by atoms with van der Waals surface area (Å²) in [5.74, 6) is -0.766. The van der Waals surface area contributed by atoms with Crippen LogP contribution in [0.5, 0.6) is 0 Å². The minimum Gasteiger partial charge on any atom is -0.321 e. The Bertz CT molecular complexity index is 1390. The number of anilines is 3. The molecule has 2 N–H and O–H groups in total. The lowest BCUT2D eigenvalue weighted by Crippen LogP contribution is -2.12. The average Bonchev–Trinajstić information content (AvgIpc) is 3.52. The number of rotatable bonds is 8. The van der Waals surface area contributed by atoms with Crippen molar-refractivity contribution in [2.45, 2.75) is 25.4 Å². The molecule has 1 amide bonds. The van der Waals surface area contributed by atoms with E-state index < -0.39 is 22.7 Å². The SMILES string of the molecule is C[C@H](CC(=O)c1cc(Nc2nccs2)ncn1)c1ncc(C(=O)Nc2ccc(Cl)c(C(F)(F)F)c2)s1. The van der Waals surface area contributed by atoms with Crippen LogP contribution < -0.4 is 10.6 Å². The van der Waals surface area contributed by atoms with Gasteiger partial charge in [-0.05, 0) is 18.2 Å². The fraction of sp³-hybridized carbons (Fsp3) is 0.182. The fourth-order valence-corrected chi connectivity index (χ4v) is 4.70. The highest BCUT2D eigenvalue weighted by molar-refractivity contribution is 7.14. The predicted octanol–water partition coefficient (Wildman–Crippen LogP) is 6.43. The van der Waals surface area contributed by atoms with E-state index in [1.807, 2.05) is 0 Å². The van der Waals surface area contributed by atoms with Crippen LogP contribution in [-0.4, -0.2) is 31.6 Å². The van der Waals surface area contributed by atoms with Gasteiger partial charge in [-0.2, -0.15) is 13.2 Å². The molecule has 0 bridgehead atoms. The van der Waals surface area contributed by atoms with Crippen LogP contribution >= 0.6 is 34.3 Å². The lowest BCUT2D eigenvalue weighted by molar-refractivity contribution is -0.137. The number of carbonyl (C=O) groups is 2. The van der Waals surface area contributed by atoms with Gasteiger partial charge in [-0.15, -0.1) is 22.7 Å². The standard InChI is InChI=1S/C22H16ClF3N6O2S2/c1-11(6-16(33)15-8-18(30-10-29-15)32-21-27-4-5-35-21)20-28-9-17(36-20)19(34)31-12-2-3-14(23)13(7-12)22(24,25)26/h2-5,7-11H,6H2,1H3,(H,31,34)(H,27,29,30,32)/t11-/m1/s1. The lowest BCUT2D eigenvalue weighted by Gasteiger charge is -2.11. The second-order valence-electron chi connectivity index (χ2n) is 7.49. The van der Waals surface area contributed by atoms with Gasteiger partial charge in [-0.3, -0.25) is 9.59 Å². The molecule has 0 saturated heterocycles. The first-order valence-electron chi connectivity index (χ1n) is 10.3. The third-order valence-electron chi connectivity index (χ3n) is 4.81. The maximum absolute atomic E-state index is 13.1. The number of alkyl halides is 3. The number of hydrogen-bond acceptors (Lipinski definition) is 9. The molecule has 0 fully saturated rings. The summed E-state index contributed by atoms with van der Waals surface area (Å²) in [5, 5.41) is 7.90. The first kappa shape index (κ1) is 25.7. The number of benzene rings is 1. The van der Waals surface area contributed by atoms with Crippen molar-refractivity contribution in [1.82, 2.24) is 19.9 Å². The summed E-state index contributed by atoms with van der Waals surface area (Å²) in [4.78, 5) is 42.0. The average molecular weight is 553 g/mol. The topological polar surface area (TPSA) is 110 Å². The number of ketones is 1. The van der Waals surface area contributed by atoms with Crippen molar-refractivity contribution in [2.75, 3.05) is 10.6 Å². The number of carbonyl (C=O) groups excluding carboxylic acids is 2. The van der Waals surface area contributed by atoms with Crippen LogP contribution in [0.1, 0.15) is 50.0 Å². The molecule has 3 heterocycles. The highest BCUT2D eigenvalue weighted by Crippen LogP contribution is 2.36. The van der Waals surface area contributed by atoms with E-state index >= 15 is 0 Å². The van der Waals surface area contributed by atoms with Crippen LogP contribution in [-0.2, 0) is 6.18 Å². The van der Waals surface area contributed by atoms with Gasteiger partial charge in [-0.1, -0.05) is 18.5 Å². The van der Waals surface area contributed by atoms with E-state index in [4.69, 9.17) is 11.6 Å². The number of aromatic nitrogens is 4. The van der Waals surface area contributed by atoms with E-state index in [2.05, 4.69) is 30.6 Å². The summed E-state index contributed by atoms with van der Waals surface area (Å²) in [6.45, 7) is 1.78. The van der Waals surface area contributed by atoms with Crippen molar-refractivity contribution in [3.63, 3.8) is 0 Å². The van der Waals surface area contributed by atoms with E-state index in [9.17, 15) is 22.8 Å². The molecule has 186 valence electrons. The highest BCUT2D eigenvalue weighted by atomic mass is 35.5. The number of Topliss-reactive ketones (excluding diaryl/α,β-unsaturated/α-hetero) is 1. The quantitative estimate of drug-likeness (QED) is 0.242. The Morgan fingerprint density at radius 2 is 1.94 bits per heavy atom. The normalized spacial score (nSPS) is 12.2. The smallest absolute Gasteiger partial charge is 0.321 e. The first-order chi connectivity index (χ1) is 17.1. The van der Waals surface area contributed by atoms with Crippen molar-refractivity contribution in [3.05, 3.63) is 74.5 Å². The van der Waals surface area contributed by atoms with Gasteiger partial charge < -0.3 is 10.6 Å². The lowest BCUT2D eigenvalue weighted by atomic mass is 10.0. The molecule has 8 nitrogen and oxygen atoms in total. The molecule has 0 aliphatic rings. The van der Waals surface area contributed by atoms with E-state index in [1.54, 1.807) is 18.5 Å². The molecule has 14 heteroatoms. The van der Waals surface area contributed by atoms with E-state index in [0.29, 0.717) is 16.0 Å². The molecule has 0 aliphatic heterocycles. The molecule has 0 radical (unpaired) electrons. The Hall–Kier alpha value is -3.42. The second-order valence-corrected chi connectivity index (χ2v) is 9.85. The Kier molecular flexibility index (Phi) is 7.62. The summed E-state index contributed by atoms with van der Waals surface area (Å²) in [6.07, 6.45) is -0.342. The summed E-state index contributed by atoms with van der Waals surface area (Å²) in [5.41, 5.74) is -0.886. The van der Waals surface area contributed by atoms with Crippen molar-refractivity contribution in [1.29, 1.82) is 0 Å². The Balaban J connectivity index is 1.40. The van der Waals surface area contributed by atoms with E-state index in [-0.39, 0.29) is 34.4 Å². The Labute approximate surface area is 215 Å². The second kappa shape index (κ2) is 10.7. The van der Waals surface area contributed by atoms with Gasteiger partial charge in [0.25, 0.3) is 5.91 Å². The number of halogens is 4. The van der Waals surface area contributed by atoms with Gasteiger partial charge in [0.1, 0.15) is 22.7 Å². The number of hydrogen-bond donors (Lipinski definition) is 2. The van der Waals surface area contributed by atoms with Gasteiger partial charge in [0, 0.05) is 35.7 Å². The van der Waals surface area contributed by atoms with Gasteiger partial charge in [-0.25, -0.2) is 19.9 Å². The van der Waals surface area contributed by atoms with Crippen LogP contribution in [0.15, 0.2) is 48.4 Å². The van der Waals surface area contributed by atoms with Crippen LogP contribution in [0.2, 0.25) is 5.02 Å². The van der Waals surface area contributed by atoms with Gasteiger partial charge in [0.15, 0.2) is 10.9 Å². The van der Waals surface area contributed by atoms with Crippen LogP contribution in [0.3, 0.4) is 0 Å². The van der Waals surface area contributed by atoms with Crippen LogP contribution in [0.25, 0.3) is 0 Å². The summed E-state index contributed by atoms with van der Waals surface area (Å²) in [7, 11) is 0. The fourth-order valence-electron chi connectivity index (χ4n) is 3.08. The van der Waals surface area contributed by atoms with Gasteiger partial charge >= 0.3 is 6.18 Å². The maximum Gasteiger partial charge on any atom is 0.417 e. The Morgan fingerprint density at radius 1 is 1.14 bits per heavy atom. The first-order valence-corrected chi connectivity index (χ1v) is 12.3. The number of thiazole rings is 2. The molecule has 1 atom stereocenters. The molecular weight excluding hydrogens is 537 g/mol. The third-order valence-corrected chi connectivity index (χ3v) is 7.06. The molecule has 0 spiro atoms. The van der Waals surface area contributed by atoms with Crippen molar-refractivity contribution in [2.24, 2.45) is 0 Å². The molecular formula is C22H16ClF3N6O2S2. The van der Waals surface area contributed by atoms with Crippen molar-refractivity contribution >= 4 is 62.6 Å². The molecule has 4 rings (SSSR count). The van der Waals surface area contributed by atoms with E-state index in [1.165, 1.54) is 36.0 Å². The zero-order valence-corrected chi connectivity index (χ0v) is 20.7. The largest absolute Gasteiger partial charge is 0.417 e. The number of amides is 1. The Morgan fingerprint density at radius 3 is 2.67 bits per heavy atom. The summed E-state index contributed by atoms with van der Waals surface area (Å²) >= 11 is 8.05. The monoisotopic (exact) mass is 552 g/mol. The van der Waals surface area contributed by atoms with Crippen molar-refractivity contribution < 1.29 is 22.8 Å². The molecule has 3 aromatic heterocycles. The number of nitrogens with zero attached hydrogens (tertiary/aromatic N) is 4. The predicted molar refractivity (Wildman–Crippen MR) is 131 cm³/mol. The maximum atomic E-state index is 13.1. The molecule has 4 aromatic rings.